The predicted molar refractivity (Wildman–Crippen MR) is 83.3 cm³/mol. The molecule has 20 heavy (non-hydrogen) atoms. The molecule has 2 aromatic carbocycles. The lowest BCUT2D eigenvalue weighted by molar-refractivity contribution is -0.110. The van der Waals surface area contributed by atoms with Crippen LogP contribution >= 0.6 is 0 Å². The lowest BCUT2D eigenvalue weighted by Gasteiger charge is -2.08. The molecular formula is C17H18N2O. The fourth-order valence-corrected chi connectivity index (χ4v) is 1.89. The summed E-state index contributed by atoms with van der Waals surface area (Å²) in [6.07, 6.45) is 0.537. The molecule has 0 saturated carbocycles. The number of nitrogens with zero attached hydrogens (tertiary/aromatic N) is 1. The molecule has 3 heteroatoms. The Kier molecular flexibility index (Phi) is 4.66. The molecule has 0 heterocycles. The zero-order valence-corrected chi connectivity index (χ0v) is 11.8. The number of hydrogen-bond acceptors (Lipinski definition) is 2. The van der Waals surface area contributed by atoms with Crippen LogP contribution in [-0.4, -0.2) is 18.7 Å². The maximum absolute atomic E-state index is 12.2. The number of aliphatic imine (C=N–C) groups is 1. The predicted octanol–water partition coefficient (Wildman–Crippen LogP) is 3.25. The third-order valence-corrected chi connectivity index (χ3v) is 3.06. The third kappa shape index (κ3) is 3.79. The summed E-state index contributed by atoms with van der Waals surface area (Å²) < 4.78 is 0. The van der Waals surface area contributed by atoms with Crippen LogP contribution in [0.4, 0.5) is 5.69 Å². The van der Waals surface area contributed by atoms with Crippen LogP contribution in [0.5, 0.6) is 0 Å². The molecule has 3 nitrogen and oxygen atoms in total. The lowest BCUT2D eigenvalue weighted by Crippen LogP contribution is -2.24. The highest BCUT2D eigenvalue weighted by atomic mass is 16.1. The van der Waals surface area contributed by atoms with E-state index in [0.29, 0.717) is 12.1 Å². The van der Waals surface area contributed by atoms with Crippen LogP contribution in [0, 0.1) is 6.92 Å². The van der Waals surface area contributed by atoms with Gasteiger partial charge in [0.1, 0.15) is 5.71 Å². The van der Waals surface area contributed by atoms with Crippen LogP contribution < -0.4 is 5.32 Å². The van der Waals surface area contributed by atoms with Gasteiger partial charge in [-0.1, -0.05) is 48.0 Å². The van der Waals surface area contributed by atoms with E-state index in [0.717, 1.165) is 16.8 Å². The smallest absolute Gasteiger partial charge is 0.269 e. The zero-order chi connectivity index (χ0) is 14.4. The number of aryl methyl sites for hydroxylation is 1. The Morgan fingerprint density at radius 2 is 1.70 bits per heavy atom. The zero-order valence-electron chi connectivity index (χ0n) is 11.8. The summed E-state index contributed by atoms with van der Waals surface area (Å²) >= 11 is 0. The maximum Gasteiger partial charge on any atom is 0.269 e. The number of benzene rings is 2. The number of hydrogen-bond donors (Lipinski definition) is 1. The maximum atomic E-state index is 12.2. The third-order valence-electron chi connectivity index (χ3n) is 3.06. The minimum atomic E-state index is -0.153. The summed E-state index contributed by atoms with van der Waals surface area (Å²) in [7, 11) is 1.65. The van der Waals surface area contributed by atoms with Gasteiger partial charge in [-0.15, -0.1) is 0 Å². The van der Waals surface area contributed by atoms with Gasteiger partial charge in [-0.05, 0) is 24.6 Å². The fourth-order valence-electron chi connectivity index (χ4n) is 1.89. The second-order valence-electron chi connectivity index (χ2n) is 4.65. The van der Waals surface area contributed by atoms with Crippen LogP contribution in [-0.2, 0) is 11.2 Å². The molecule has 0 fully saturated rings. The van der Waals surface area contributed by atoms with Gasteiger partial charge in [-0.25, -0.2) is 0 Å². The number of carbonyl (C=O) groups excluding carboxylic acids is 1. The highest BCUT2D eigenvalue weighted by molar-refractivity contribution is 6.43. The Labute approximate surface area is 119 Å². The van der Waals surface area contributed by atoms with Gasteiger partial charge in [-0.2, -0.15) is 0 Å². The molecule has 2 rings (SSSR count). The second kappa shape index (κ2) is 6.66. The highest BCUT2D eigenvalue weighted by Crippen LogP contribution is 2.09. The van der Waals surface area contributed by atoms with Gasteiger partial charge in [0.15, 0.2) is 0 Å². The molecule has 1 N–H and O–H groups in total. The van der Waals surface area contributed by atoms with Crippen LogP contribution in [0.25, 0.3) is 0 Å². The van der Waals surface area contributed by atoms with Crippen molar-refractivity contribution < 1.29 is 4.79 Å². The van der Waals surface area contributed by atoms with Gasteiger partial charge in [0.05, 0.1) is 0 Å². The van der Waals surface area contributed by atoms with Crippen molar-refractivity contribution in [1.82, 2.24) is 0 Å². The van der Waals surface area contributed by atoms with E-state index >= 15 is 0 Å². The Morgan fingerprint density at radius 1 is 1.05 bits per heavy atom. The molecule has 0 spiro atoms. The molecule has 0 aliphatic carbocycles. The van der Waals surface area contributed by atoms with Gasteiger partial charge < -0.3 is 5.32 Å². The van der Waals surface area contributed by atoms with Crippen LogP contribution in [0.1, 0.15) is 11.1 Å². The van der Waals surface area contributed by atoms with Crippen molar-refractivity contribution in [2.24, 2.45) is 4.99 Å². The molecule has 1 amide bonds. The average molecular weight is 266 g/mol. The van der Waals surface area contributed by atoms with E-state index in [9.17, 15) is 4.79 Å². The van der Waals surface area contributed by atoms with Crippen molar-refractivity contribution in [3.8, 4) is 0 Å². The van der Waals surface area contributed by atoms with Crippen LogP contribution in [0.3, 0.4) is 0 Å². The molecule has 0 radical (unpaired) electrons. The summed E-state index contributed by atoms with van der Waals surface area (Å²) in [5.74, 6) is -0.153. The van der Waals surface area contributed by atoms with E-state index in [4.69, 9.17) is 0 Å². The van der Waals surface area contributed by atoms with E-state index in [1.807, 2.05) is 61.5 Å². The Morgan fingerprint density at radius 3 is 2.30 bits per heavy atom. The van der Waals surface area contributed by atoms with E-state index in [1.54, 1.807) is 7.05 Å². The average Bonchev–Trinajstić information content (AvgIpc) is 2.48. The number of amides is 1. The molecule has 0 unspecified atom stereocenters. The van der Waals surface area contributed by atoms with Crippen LogP contribution in [0.2, 0.25) is 0 Å². The first-order chi connectivity index (χ1) is 9.69. The Balaban J connectivity index is 2.05. The van der Waals surface area contributed by atoms with Crippen molar-refractivity contribution in [2.45, 2.75) is 13.3 Å². The summed E-state index contributed by atoms with van der Waals surface area (Å²) in [5, 5.41) is 2.87. The van der Waals surface area contributed by atoms with Gasteiger partial charge in [0.2, 0.25) is 0 Å². The minimum absolute atomic E-state index is 0.153. The number of nitrogens with one attached hydrogen (secondary N) is 1. The molecule has 2 aromatic rings. The molecule has 0 saturated heterocycles. The largest absolute Gasteiger partial charge is 0.321 e. The van der Waals surface area contributed by atoms with Crippen molar-refractivity contribution in [3.63, 3.8) is 0 Å². The van der Waals surface area contributed by atoms with Gasteiger partial charge in [-0.3, -0.25) is 9.79 Å². The lowest BCUT2D eigenvalue weighted by atomic mass is 10.1. The monoisotopic (exact) mass is 266 g/mol. The van der Waals surface area contributed by atoms with E-state index in [-0.39, 0.29) is 5.91 Å². The number of anilines is 1. The van der Waals surface area contributed by atoms with E-state index < -0.39 is 0 Å². The normalized spacial score (nSPS) is 11.2. The molecule has 0 atom stereocenters. The summed E-state index contributed by atoms with van der Waals surface area (Å²) in [4.78, 5) is 16.3. The van der Waals surface area contributed by atoms with Gasteiger partial charge >= 0.3 is 0 Å². The molecular weight excluding hydrogens is 248 g/mol. The van der Waals surface area contributed by atoms with E-state index in [2.05, 4.69) is 10.3 Å². The second-order valence-corrected chi connectivity index (χ2v) is 4.65. The summed E-state index contributed by atoms with van der Waals surface area (Å²) in [6, 6.07) is 17.6. The SMILES string of the molecule is CN=C(Cc1ccccc1)C(=O)Nc1ccc(C)cc1. The summed E-state index contributed by atoms with van der Waals surface area (Å²) in [6.45, 7) is 2.01. The first-order valence-corrected chi connectivity index (χ1v) is 6.56. The first kappa shape index (κ1) is 14.0. The Bertz CT molecular complexity index is 601. The number of rotatable bonds is 4. The highest BCUT2D eigenvalue weighted by Gasteiger charge is 2.11. The van der Waals surface area contributed by atoms with Crippen LogP contribution in [0.15, 0.2) is 59.6 Å². The van der Waals surface area contributed by atoms with E-state index in [1.165, 1.54) is 0 Å². The molecule has 0 aliphatic rings. The fraction of sp³-hybridized carbons (Fsp3) is 0.176. The minimum Gasteiger partial charge on any atom is -0.321 e. The molecule has 0 aromatic heterocycles. The van der Waals surface area contributed by atoms with Gasteiger partial charge in [0.25, 0.3) is 5.91 Å². The molecule has 0 bridgehead atoms. The Hall–Kier alpha value is -2.42. The van der Waals surface area contributed by atoms with Crippen molar-refractivity contribution >= 4 is 17.3 Å². The molecule has 0 aliphatic heterocycles. The topological polar surface area (TPSA) is 41.5 Å². The van der Waals surface area contributed by atoms with Crippen molar-refractivity contribution in [2.75, 3.05) is 12.4 Å². The standard InChI is InChI=1S/C17H18N2O/c1-13-8-10-15(11-9-13)19-17(20)16(18-2)12-14-6-4-3-5-7-14/h3-11H,12H2,1-2H3,(H,19,20). The quantitative estimate of drug-likeness (QED) is 0.848. The summed E-state index contributed by atoms with van der Waals surface area (Å²) in [5.41, 5.74) is 3.55. The van der Waals surface area contributed by atoms with Gasteiger partial charge in [0, 0.05) is 19.2 Å². The first-order valence-electron chi connectivity index (χ1n) is 6.56. The number of carbonyl (C=O) groups is 1. The molecule has 102 valence electrons. The van der Waals surface area contributed by atoms with Crippen molar-refractivity contribution in [1.29, 1.82) is 0 Å². The van der Waals surface area contributed by atoms with Crippen molar-refractivity contribution in [3.05, 3.63) is 65.7 Å².